The molecule has 4 rings (SSSR count). The summed E-state index contributed by atoms with van der Waals surface area (Å²) >= 11 is 0. The number of anilines is 5. The molecule has 0 amide bonds. The lowest BCUT2D eigenvalue weighted by Gasteiger charge is -2.27. The maximum Gasteiger partial charge on any atom is 0.416 e. The third-order valence-corrected chi connectivity index (χ3v) is 4.44. The van der Waals surface area contributed by atoms with Gasteiger partial charge in [-0.15, -0.1) is 0 Å². The summed E-state index contributed by atoms with van der Waals surface area (Å²) in [6, 6.07) is 10.5. The third-order valence-electron chi connectivity index (χ3n) is 4.44. The van der Waals surface area contributed by atoms with Crippen molar-refractivity contribution in [3.05, 3.63) is 59.9 Å². The van der Waals surface area contributed by atoms with E-state index in [1.165, 1.54) is 30.3 Å². The van der Waals surface area contributed by atoms with Crippen molar-refractivity contribution >= 4 is 29.2 Å². The molecule has 0 spiro atoms. The van der Waals surface area contributed by atoms with Gasteiger partial charge >= 0.3 is 6.18 Å². The topological polar surface area (TPSA) is 75.2 Å². The average Bonchev–Trinajstić information content (AvgIpc) is 2.74. The van der Waals surface area contributed by atoms with Crippen LogP contribution >= 0.6 is 0 Å². The SMILES string of the molecule is Fc1cccc(Nc2nc(Nc3cccc(C(F)(F)F)c3)nc(N3CCOCC3)n2)c1. The van der Waals surface area contributed by atoms with Crippen molar-refractivity contribution in [2.24, 2.45) is 0 Å². The molecule has 0 atom stereocenters. The number of aromatic nitrogens is 3. The highest BCUT2D eigenvalue weighted by Gasteiger charge is 2.30. The molecule has 31 heavy (non-hydrogen) atoms. The van der Waals surface area contributed by atoms with E-state index >= 15 is 0 Å². The van der Waals surface area contributed by atoms with Gasteiger partial charge in [-0.3, -0.25) is 0 Å². The normalized spacial score (nSPS) is 14.4. The van der Waals surface area contributed by atoms with Gasteiger partial charge in [0.1, 0.15) is 5.82 Å². The average molecular weight is 434 g/mol. The van der Waals surface area contributed by atoms with E-state index in [0.717, 1.165) is 12.1 Å². The molecule has 3 aromatic rings. The van der Waals surface area contributed by atoms with Crippen molar-refractivity contribution in [1.29, 1.82) is 0 Å². The predicted molar refractivity (Wildman–Crippen MR) is 107 cm³/mol. The summed E-state index contributed by atoms with van der Waals surface area (Å²) in [4.78, 5) is 14.8. The van der Waals surface area contributed by atoms with E-state index in [1.54, 1.807) is 6.07 Å². The van der Waals surface area contributed by atoms with Crippen LogP contribution in [-0.2, 0) is 10.9 Å². The number of nitrogens with one attached hydrogen (secondary N) is 2. The van der Waals surface area contributed by atoms with Crippen LogP contribution in [0.5, 0.6) is 0 Å². The van der Waals surface area contributed by atoms with Crippen molar-refractivity contribution in [2.75, 3.05) is 41.8 Å². The molecule has 1 aliphatic heterocycles. The van der Waals surface area contributed by atoms with Gasteiger partial charge in [-0.25, -0.2) is 4.39 Å². The Morgan fingerprint density at radius 2 is 1.45 bits per heavy atom. The van der Waals surface area contributed by atoms with Crippen LogP contribution < -0.4 is 15.5 Å². The molecule has 11 heteroatoms. The number of rotatable bonds is 5. The number of benzene rings is 2. The van der Waals surface area contributed by atoms with E-state index in [2.05, 4.69) is 25.6 Å². The maximum absolute atomic E-state index is 13.5. The molecule has 1 fully saturated rings. The highest BCUT2D eigenvalue weighted by molar-refractivity contribution is 5.60. The van der Waals surface area contributed by atoms with Crippen LogP contribution in [0.2, 0.25) is 0 Å². The van der Waals surface area contributed by atoms with E-state index in [4.69, 9.17) is 4.74 Å². The van der Waals surface area contributed by atoms with Crippen LogP contribution in [0.25, 0.3) is 0 Å². The zero-order chi connectivity index (χ0) is 21.8. The van der Waals surface area contributed by atoms with Crippen molar-refractivity contribution in [3.8, 4) is 0 Å². The molecule has 1 aliphatic rings. The Morgan fingerprint density at radius 3 is 2.06 bits per heavy atom. The third kappa shape index (κ3) is 5.37. The Balaban J connectivity index is 1.65. The Labute approximate surface area is 175 Å². The zero-order valence-corrected chi connectivity index (χ0v) is 16.2. The first kappa shape index (κ1) is 20.8. The maximum atomic E-state index is 13.5. The van der Waals surface area contributed by atoms with E-state index < -0.39 is 17.6 Å². The van der Waals surface area contributed by atoms with Crippen LogP contribution in [-0.4, -0.2) is 41.3 Å². The number of halogens is 4. The largest absolute Gasteiger partial charge is 0.416 e. The molecule has 162 valence electrons. The van der Waals surface area contributed by atoms with Gasteiger partial charge in [-0.2, -0.15) is 28.1 Å². The Bertz CT molecular complexity index is 1060. The van der Waals surface area contributed by atoms with Crippen LogP contribution in [0.3, 0.4) is 0 Å². The van der Waals surface area contributed by atoms with Crippen molar-refractivity contribution in [1.82, 2.24) is 15.0 Å². The summed E-state index contributed by atoms with van der Waals surface area (Å²) in [6.07, 6.45) is -4.47. The van der Waals surface area contributed by atoms with Crippen LogP contribution in [0.1, 0.15) is 5.56 Å². The molecule has 1 aromatic heterocycles. The van der Waals surface area contributed by atoms with Gasteiger partial charge in [0.15, 0.2) is 0 Å². The number of hydrogen-bond acceptors (Lipinski definition) is 7. The lowest BCUT2D eigenvalue weighted by atomic mass is 10.2. The second kappa shape index (κ2) is 8.72. The van der Waals surface area contributed by atoms with Gasteiger partial charge in [0.05, 0.1) is 18.8 Å². The molecule has 0 aliphatic carbocycles. The van der Waals surface area contributed by atoms with Gasteiger partial charge < -0.3 is 20.3 Å². The van der Waals surface area contributed by atoms with Crippen molar-refractivity contribution < 1.29 is 22.3 Å². The van der Waals surface area contributed by atoms with E-state index in [-0.39, 0.29) is 17.6 Å². The Morgan fingerprint density at radius 1 is 0.839 bits per heavy atom. The van der Waals surface area contributed by atoms with Gasteiger partial charge in [0, 0.05) is 24.5 Å². The molecule has 7 nitrogen and oxygen atoms in total. The van der Waals surface area contributed by atoms with Gasteiger partial charge in [-0.1, -0.05) is 12.1 Å². The summed E-state index contributed by atoms with van der Waals surface area (Å²) in [5.41, 5.74) is -0.201. The molecule has 0 bridgehead atoms. The molecule has 2 N–H and O–H groups in total. The van der Waals surface area contributed by atoms with Crippen LogP contribution in [0.4, 0.5) is 46.8 Å². The fourth-order valence-corrected chi connectivity index (χ4v) is 2.98. The Kier molecular flexibility index (Phi) is 5.85. The number of ether oxygens (including phenoxy) is 1. The fraction of sp³-hybridized carbons (Fsp3) is 0.250. The van der Waals surface area contributed by atoms with Gasteiger partial charge in [0.2, 0.25) is 17.8 Å². The number of alkyl halides is 3. The molecular weight excluding hydrogens is 416 g/mol. The molecule has 0 saturated carbocycles. The van der Waals surface area contributed by atoms with E-state index in [0.29, 0.717) is 37.9 Å². The molecule has 1 saturated heterocycles. The first-order valence-electron chi connectivity index (χ1n) is 9.42. The predicted octanol–water partition coefficient (Wildman–Crippen LogP) is 4.35. The molecule has 0 radical (unpaired) electrons. The quantitative estimate of drug-likeness (QED) is 0.578. The van der Waals surface area contributed by atoms with Crippen molar-refractivity contribution in [2.45, 2.75) is 6.18 Å². The molecule has 0 unspecified atom stereocenters. The number of nitrogens with zero attached hydrogens (tertiary/aromatic N) is 4. The summed E-state index contributed by atoms with van der Waals surface area (Å²) in [7, 11) is 0. The first-order valence-corrected chi connectivity index (χ1v) is 9.42. The Hall–Kier alpha value is -3.47. The van der Waals surface area contributed by atoms with E-state index in [1.807, 2.05) is 4.90 Å². The summed E-state index contributed by atoms with van der Waals surface area (Å²) < 4.78 is 57.9. The minimum Gasteiger partial charge on any atom is -0.378 e. The highest BCUT2D eigenvalue weighted by Crippen LogP contribution is 2.31. The first-order chi connectivity index (χ1) is 14.9. The highest BCUT2D eigenvalue weighted by atomic mass is 19.4. The minimum atomic E-state index is -4.47. The van der Waals surface area contributed by atoms with Gasteiger partial charge in [0.25, 0.3) is 0 Å². The molecule has 2 aromatic carbocycles. The standard InChI is InChI=1S/C20H18F4N6O/c21-14-4-2-6-16(12-14)26-18-27-17(28-19(29-18)30-7-9-31-10-8-30)25-15-5-1-3-13(11-15)20(22,23)24/h1-6,11-12H,7-10H2,(H2,25,26,27,28,29). The fourth-order valence-electron chi connectivity index (χ4n) is 2.98. The lowest BCUT2D eigenvalue weighted by Crippen LogP contribution is -2.37. The zero-order valence-electron chi connectivity index (χ0n) is 16.2. The van der Waals surface area contributed by atoms with E-state index in [9.17, 15) is 17.6 Å². The summed E-state index contributed by atoms with van der Waals surface area (Å²) in [5, 5.41) is 5.71. The summed E-state index contributed by atoms with van der Waals surface area (Å²) in [6.45, 7) is 2.09. The monoisotopic (exact) mass is 434 g/mol. The summed E-state index contributed by atoms with van der Waals surface area (Å²) in [5.74, 6) is 0.0627. The lowest BCUT2D eigenvalue weighted by molar-refractivity contribution is -0.137. The molecular formula is C20H18F4N6O. The minimum absolute atomic E-state index is 0.0507. The molecule has 2 heterocycles. The van der Waals surface area contributed by atoms with Crippen LogP contribution in [0.15, 0.2) is 48.5 Å². The number of morpholine rings is 1. The second-order valence-corrected chi connectivity index (χ2v) is 6.72. The van der Waals surface area contributed by atoms with Crippen LogP contribution in [0, 0.1) is 5.82 Å². The van der Waals surface area contributed by atoms with Crippen molar-refractivity contribution in [3.63, 3.8) is 0 Å². The van der Waals surface area contributed by atoms with Gasteiger partial charge in [-0.05, 0) is 36.4 Å². The number of hydrogen-bond donors (Lipinski definition) is 2. The second-order valence-electron chi connectivity index (χ2n) is 6.72. The smallest absolute Gasteiger partial charge is 0.378 e.